The predicted octanol–water partition coefficient (Wildman–Crippen LogP) is 4.57. The van der Waals surface area contributed by atoms with Gasteiger partial charge in [0.05, 0.1) is 16.2 Å². The maximum atomic E-state index is 11.1. The third-order valence-corrected chi connectivity index (χ3v) is 6.58. The Bertz CT molecular complexity index is 628. The molecule has 0 bridgehead atoms. The predicted molar refractivity (Wildman–Crippen MR) is 91.0 cm³/mol. The van der Waals surface area contributed by atoms with E-state index in [2.05, 4.69) is 0 Å². The van der Waals surface area contributed by atoms with Gasteiger partial charge in [0.2, 0.25) is 0 Å². The molecule has 0 spiro atoms. The van der Waals surface area contributed by atoms with Crippen LogP contribution in [0, 0.1) is 0 Å². The molecule has 114 valence electrons. The van der Waals surface area contributed by atoms with Crippen molar-refractivity contribution < 1.29 is 19.8 Å². The van der Waals surface area contributed by atoms with Gasteiger partial charge < -0.3 is 10.2 Å². The quantitative estimate of drug-likeness (QED) is 0.327. The maximum absolute atomic E-state index is 11.1. The van der Waals surface area contributed by atoms with Gasteiger partial charge >= 0.3 is 11.9 Å². The first-order chi connectivity index (χ1) is 10.6. The molecule has 0 amide bonds. The van der Waals surface area contributed by atoms with Crippen LogP contribution in [0.25, 0.3) is 0 Å². The Labute approximate surface area is 139 Å². The van der Waals surface area contributed by atoms with E-state index in [0.717, 1.165) is 0 Å². The van der Waals surface area contributed by atoms with Crippen molar-refractivity contribution in [2.24, 2.45) is 0 Å². The summed E-state index contributed by atoms with van der Waals surface area (Å²) in [7, 11) is 2.85. The summed E-state index contributed by atoms with van der Waals surface area (Å²) in [6.45, 7) is 0. The zero-order valence-electron chi connectivity index (χ0n) is 11.3. The van der Waals surface area contributed by atoms with Gasteiger partial charge in [0.15, 0.2) is 0 Å². The average Bonchev–Trinajstić information content (AvgIpc) is 2.52. The van der Waals surface area contributed by atoms with Crippen LogP contribution in [0.15, 0.2) is 58.3 Å². The molecular formula is C15H12O4S3. The van der Waals surface area contributed by atoms with Gasteiger partial charge in [0.25, 0.3) is 0 Å². The number of hydrogen-bond acceptors (Lipinski definition) is 5. The first-order valence-electron chi connectivity index (χ1n) is 6.16. The van der Waals surface area contributed by atoms with Gasteiger partial charge in [0, 0.05) is 9.79 Å². The highest BCUT2D eigenvalue weighted by atomic mass is 33.1. The lowest BCUT2D eigenvalue weighted by Crippen LogP contribution is -1.98. The molecule has 0 heterocycles. The second-order valence-corrected chi connectivity index (χ2v) is 7.79. The second kappa shape index (κ2) is 8.17. The normalized spacial score (nSPS) is 10.4. The van der Waals surface area contributed by atoms with Gasteiger partial charge in [0.1, 0.15) is 0 Å². The van der Waals surface area contributed by atoms with Crippen molar-refractivity contribution in [3.05, 3.63) is 59.7 Å². The lowest BCUT2D eigenvalue weighted by Gasteiger charge is -2.06. The molecule has 2 aromatic carbocycles. The van der Waals surface area contributed by atoms with Crippen LogP contribution in [0.3, 0.4) is 0 Å². The van der Waals surface area contributed by atoms with E-state index in [-0.39, 0.29) is 11.1 Å². The van der Waals surface area contributed by atoms with Crippen molar-refractivity contribution in [1.82, 2.24) is 0 Å². The highest BCUT2D eigenvalue weighted by molar-refractivity contribution is 8.78. The number of benzene rings is 2. The SMILES string of the molecule is O=C(O)c1ccccc1SCSSc1ccccc1C(=O)O. The number of rotatable bonds is 7. The summed E-state index contributed by atoms with van der Waals surface area (Å²) in [5.74, 6) is -1.90. The van der Waals surface area contributed by atoms with Crippen molar-refractivity contribution in [1.29, 1.82) is 0 Å². The molecule has 0 fully saturated rings. The van der Waals surface area contributed by atoms with Gasteiger partial charge in [-0.05, 0) is 24.3 Å². The van der Waals surface area contributed by atoms with Crippen LogP contribution < -0.4 is 0 Å². The number of hydrogen-bond donors (Lipinski definition) is 2. The summed E-state index contributed by atoms with van der Waals surface area (Å²) in [5.41, 5.74) is 0.556. The average molecular weight is 352 g/mol. The van der Waals surface area contributed by atoms with Crippen molar-refractivity contribution in [2.75, 3.05) is 5.08 Å². The summed E-state index contributed by atoms with van der Waals surface area (Å²) in [6.07, 6.45) is 0. The van der Waals surface area contributed by atoms with E-state index < -0.39 is 11.9 Å². The molecular weight excluding hydrogens is 340 g/mol. The van der Waals surface area contributed by atoms with Crippen LogP contribution in [0.2, 0.25) is 0 Å². The van der Waals surface area contributed by atoms with E-state index in [0.29, 0.717) is 14.9 Å². The fourth-order valence-electron chi connectivity index (χ4n) is 1.66. The van der Waals surface area contributed by atoms with E-state index in [1.807, 2.05) is 0 Å². The first-order valence-corrected chi connectivity index (χ1v) is 9.47. The van der Waals surface area contributed by atoms with E-state index in [1.165, 1.54) is 33.3 Å². The van der Waals surface area contributed by atoms with Crippen LogP contribution in [-0.4, -0.2) is 27.2 Å². The Morgan fingerprint density at radius 2 is 1.32 bits per heavy atom. The van der Waals surface area contributed by atoms with Crippen LogP contribution in [0.4, 0.5) is 0 Å². The molecule has 0 radical (unpaired) electrons. The minimum Gasteiger partial charge on any atom is -0.478 e. The molecule has 2 N–H and O–H groups in total. The van der Waals surface area contributed by atoms with Crippen LogP contribution in [0.1, 0.15) is 20.7 Å². The summed E-state index contributed by atoms with van der Waals surface area (Å²) < 4.78 is 0. The lowest BCUT2D eigenvalue weighted by atomic mass is 10.2. The minimum atomic E-state index is -0.951. The van der Waals surface area contributed by atoms with Crippen molar-refractivity contribution in [3.8, 4) is 0 Å². The highest BCUT2D eigenvalue weighted by Crippen LogP contribution is 2.37. The standard InChI is InChI=1S/C15H12O4S3/c16-14(17)10-5-1-3-7-12(10)20-9-21-22-13-8-4-2-6-11(13)15(18)19/h1-8H,9H2,(H,16,17)(H,18,19). The molecule has 0 aliphatic rings. The number of carbonyl (C=O) groups is 2. The molecule has 0 saturated heterocycles. The lowest BCUT2D eigenvalue weighted by molar-refractivity contribution is 0.0682. The summed E-state index contributed by atoms with van der Waals surface area (Å²) >= 11 is 1.42. The molecule has 0 aliphatic carbocycles. The number of carboxylic acid groups (broad SMARTS) is 2. The first kappa shape index (κ1) is 16.8. The molecule has 0 atom stereocenters. The molecule has 2 aromatic rings. The molecule has 22 heavy (non-hydrogen) atoms. The zero-order chi connectivity index (χ0) is 15.9. The Kier molecular flexibility index (Phi) is 6.23. The third-order valence-electron chi connectivity index (χ3n) is 2.65. The Hall–Kier alpha value is -1.57. The fraction of sp³-hybridized carbons (Fsp3) is 0.0667. The van der Waals surface area contributed by atoms with Gasteiger partial charge in [-0.15, -0.1) is 11.8 Å². The van der Waals surface area contributed by atoms with Crippen LogP contribution in [-0.2, 0) is 0 Å². The van der Waals surface area contributed by atoms with Crippen LogP contribution >= 0.6 is 33.3 Å². The molecule has 0 aliphatic heterocycles. The van der Waals surface area contributed by atoms with E-state index in [1.54, 1.807) is 48.5 Å². The summed E-state index contributed by atoms with van der Waals surface area (Å²) in [4.78, 5) is 23.6. The highest BCUT2D eigenvalue weighted by Gasteiger charge is 2.11. The van der Waals surface area contributed by atoms with Gasteiger partial charge in [-0.25, -0.2) is 9.59 Å². The second-order valence-electron chi connectivity index (χ2n) is 4.07. The smallest absolute Gasteiger partial charge is 0.336 e. The van der Waals surface area contributed by atoms with Crippen molar-refractivity contribution >= 4 is 45.3 Å². The molecule has 2 rings (SSSR count). The topological polar surface area (TPSA) is 74.6 Å². The minimum absolute atomic E-state index is 0.274. The Balaban J connectivity index is 1.93. The van der Waals surface area contributed by atoms with Gasteiger partial charge in [-0.3, -0.25) is 0 Å². The molecule has 4 nitrogen and oxygen atoms in total. The fourth-order valence-corrected chi connectivity index (χ4v) is 5.23. The largest absolute Gasteiger partial charge is 0.478 e. The number of thioether (sulfide) groups is 1. The Morgan fingerprint density at radius 1 is 0.818 bits per heavy atom. The Morgan fingerprint density at radius 3 is 1.91 bits per heavy atom. The van der Waals surface area contributed by atoms with Crippen molar-refractivity contribution in [2.45, 2.75) is 9.79 Å². The third kappa shape index (κ3) is 4.46. The van der Waals surface area contributed by atoms with Crippen LogP contribution in [0.5, 0.6) is 0 Å². The molecule has 0 unspecified atom stereocenters. The summed E-state index contributed by atoms with van der Waals surface area (Å²) in [5, 5.41) is 18.8. The van der Waals surface area contributed by atoms with E-state index in [9.17, 15) is 9.59 Å². The number of carboxylic acids is 2. The zero-order valence-corrected chi connectivity index (χ0v) is 13.7. The van der Waals surface area contributed by atoms with Crippen molar-refractivity contribution in [3.63, 3.8) is 0 Å². The monoisotopic (exact) mass is 352 g/mol. The molecule has 0 aromatic heterocycles. The summed E-state index contributed by atoms with van der Waals surface area (Å²) in [6, 6.07) is 13.6. The molecule has 0 saturated carbocycles. The maximum Gasteiger partial charge on any atom is 0.336 e. The van der Waals surface area contributed by atoms with E-state index in [4.69, 9.17) is 10.2 Å². The number of aromatic carboxylic acids is 2. The van der Waals surface area contributed by atoms with E-state index >= 15 is 0 Å². The van der Waals surface area contributed by atoms with Gasteiger partial charge in [-0.2, -0.15) is 0 Å². The van der Waals surface area contributed by atoms with Gasteiger partial charge in [-0.1, -0.05) is 45.9 Å². The molecule has 7 heteroatoms.